The van der Waals surface area contributed by atoms with Gasteiger partial charge in [-0.3, -0.25) is 4.57 Å². The first-order valence-corrected chi connectivity index (χ1v) is 22.3. The second-order valence-corrected chi connectivity index (χ2v) is 19.4. The minimum atomic E-state index is -3.21. The van der Waals surface area contributed by atoms with Gasteiger partial charge in [0.25, 0.3) is 0 Å². The topological polar surface area (TPSA) is 33.2 Å². The summed E-state index contributed by atoms with van der Waals surface area (Å²) < 4.78 is 14.6. The number of pyridine rings is 1. The largest absolute Gasteiger partial charge is 3.00 e. The molecule has 0 saturated carbocycles. The maximum atomic E-state index is 14.6. The van der Waals surface area contributed by atoms with E-state index in [9.17, 15) is 4.57 Å². The number of rotatable bonds is 7. The van der Waals surface area contributed by atoms with Crippen molar-refractivity contribution in [3.05, 3.63) is 229 Å². The van der Waals surface area contributed by atoms with Gasteiger partial charge in [-0.25, -0.2) is 0 Å². The zero-order valence-electron chi connectivity index (χ0n) is 36.0. The minimum absolute atomic E-state index is 0. The number of benzene rings is 7. The Labute approximate surface area is 384 Å². The standard InChI is InChI=1S/C39H36NOP.C18H14N.Au/c1-38(2,3)32-21-17-30(18-22-32)36-27-29(28-37(40-36)31-19-23-33(24-20-31)39(4,5)6)25-26-42(41,34-13-9-7-10-14-34)35-15-11-8-12-16-35;1-4-10-16(11-5-1)19(17-12-6-2-7-13-17)18-14-8-3-9-15-18;/h7-17,19,21-24,27-28H,1-6H3;1-2,4-15H;/q-2;-1;+3. The van der Waals surface area contributed by atoms with Crippen molar-refractivity contribution in [1.82, 2.24) is 4.98 Å². The fourth-order valence-electron chi connectivity index (χ4n) is 6.81. The number of hydrogen-bond acceptors (Lipinski definition) is 3. The second kappa shape index (κ2) is 20.3. The van der Waals surface area contributed by atoms with E-state index in [0.717, 1.165) is 55.7 Å². The molecular weight excluding hydrogens is 957 g/mol. The molecule has 0 aliphatic rings. The third-order valence-electron chi connectivity index (χ3n) is 10.3. The summed E-state index contributed by atoms with van der Waals surface area (Å²) in [5.41, 5.74) is 13.2. The maximum Gasteiger partial charge on any atom is 3.00 e. The molecule has 0 spiro atoms. The molecule has 0 saturated heterocycles. The van der Waals surface area contributed by atoms with Gasteiger partial charge in [0.1, 0.15) is 0 Å². The van der Waals surface area contributed by atoms with E-state index in [0.29, 0.717) is 0 Å². The Kier molecular flexibility index (Phi) is 14.9. The zero-order chi connectivity index (χ0) is 42.9. The SMILES string of the molecule is CC(C)(C)c1c[c-]c(-c2cc(C#CP(=O)(c3ccccc3)c3ccccc3)cc(-c3[c-]cc(C(C)(C)C)cc3)n2)cc1.[Au+3].[c-]1ccc(N(c2ccccc2)c2ccccc2)cc1. The molecule has 0 radical (unpaired) electrons. The van der Waals surface area contributed by atoms with Crippen molar-refractivity contribution in [3.63, 3.8) is 0 Å². The maximum absolute atomic E-state index is 14.6. The number of hydrogen-bond donors (Lipinski definition) is 0. The fourth-order valence-corrected chi connectivity index (χ4v) is 8.83. The summed E-state index contributed by atoms with van der Waals surface area (Å²) >= 11 is 0. The summed E-state index contributed by atoms with van der Waals surface area (Å²) in [5.74, 6) is 3.29. The molecular formula is C57H50AuN2OP. The Morgan fingerprint density at radius 1 is 0.516 bits per heavy atom. The van der Waals surface area contributed by atoms with E-state index in [1.807, 2.05) is 109 Å². The van der Waals surface area contributed by atoms with Crippen molar-refractivity contribution >= 4 is 34.8 Å². The predicted octanol–water partition coefficient (Wildman–Crippen LogP) is 13.9. The van der Waals surface area contributed by atoms with Crippen molar-refractivity contribution in [2.45, 2.75) is 52.4 Å². The Hall–Kier alpha value is -5.98. The van der Waals surface area contributed by atoms with Crippen LogP contribution in [0.4, 0.5) is 17.1 Å². The molecule has 0 aliphatic carbocycles. The molecule has 62 heavy (non-hydrogen) atoms. The monoisotopic (exact) mass is 1010 g/mol. The van der Waals surface area contributed by atoms with Crippen LogP contribution in [0.3, 0.4) is 0 Å². The average molecular weight is 1010 g/mol. The van der Waals surface area contributed by atoms with Gasteiger partial charge in [-0.05, 0) is 52.1 Å². The quantitative estimate of drug-likeness (QED) is 0.0690. The molecule has 310 valence electrons. The van der Waals surface area contributed by atoms with Gasteiger partial charge < -0.3 is 9.88 Å². The summed E-state index contributed by atoms with van der Waals surface area (Å²) in [6.07, 6.45) is 0. The van der Waals surface area contributed by atoms with E-state index in [1.54, 1.807) is 0 Å². The Balaban J connectivity index is 0.000000267. The number of anilines is 3. The van der Waals surface area contributed by atoms with Gasteiger partial charge in [-0.1, -0.05) is 162 Å². The van der Waals surface area contributed by atoms with Crippen molar-refractivity contribution in [2.75, 3.05) is 4.90 Å². The van der Waals surface area contributed by atoms with Crippen LogP contribution in [0, 0.1) is 29.8 Å². The molecule has 0 aliphatic heterocycles. The molecule has 0 N–H and O–H groups in total. The molecule has 0 unspecified atom stereocenters. The number of nitrogens with zero attached hydrogens (tertiary/aromatic N) is 2. The molecule has 8 rings (SSSR count). The van der Waals surface area contributed by atoms with E-state index in [2.05, 4.69) is 161 Å². The molecule has 1 heterocycles. The van der Waals surface area contributed by atoms with Gasteiger partial charge in [0, 0.05) is 27.5 Å². The summed E-state index contributed by atoms with van der Waals surface area (Å²) in [5, 5.41) is 1.44. The van der Waals surface area contributed by atoms with Crippen LogP contribution < -0.4 is 15.5 Å². The summed E-state index contributed by atoms with van der Waals surface area (Å²) in [6, 6.07) is 74.2. The molecule has 3 nitrogen and oxygen atoms in total. The zero-order valence-corrected chi connectivity index (χ0v) is 39.1. The summed E-state index contributed by atoms with van der Waals surface area (Å²) in [4.78, 5) is 7.25. The van der Waals surface area contributed by atoms with Crippen LogP contribution in [0.25, 0.3) is 22.5 Å². The van der Waals surface area contributed by atoms with Crippen LogP contribution in [0.15, 0.2) is 194 Å². The van der Waals surface area contributed by atoms with Crippen LogP contribution in [0.1, 0.15) is 58.2 Å². The Bertz CT molecular complexity index is 2540. The van der Waals surface area contributed by atoms with Crippen molar-refractivity contribution < 1.29 is 26.9 Å². The number of aromatic nitrogens is 1. The van der Waals surface area contributed by atoms with Crippen LogP contribution in [-0.2, 0) is 37.8 Å². The molecule has 0 bridgehead atoms. The van der Waals surface area contributed by atoms with Gasteiger partial charge in [0.2, 0.25) is 7.14 Å². The van der Waals surface area contributed by atoms with Crippen LogP contribution in [0.5, 0.6) is 0 Å². The van der Waals surface area contributed by atoms with Gasteiger partial charge in [-0.15, -0.1) is 82.9 Å². The van der Waals surface area contributed by atoms with Gasteiger partial charge in [-0.2, -0.15) is 18.2 Å². The van der Waals surface area contributed by atoms with E-state index in [4.69, 9.17) is 4.98 Å². The first-order valence-electron chi connectivity index (χ1n) is 20.6. The van der Waals surface area contributed by atoms with E-state index < -0.39 is 7.14 Å². The minimum Gasteiger partial charge on any atom is -0.345 e. The first-order chi connectivity index (χ1) is 29.4. The Morgan fingerprint density at radius 2 is 0.903 bits per heavy atom. The van der Waals surface area contributed by atoms with Crippen LogP contribution in [-0.4, -0.2) is 4.98 Å². The molecule has 0 fully saturated rings. The molecule has 0 atom stereocenters. The molecule has 7 aromatic carbocycles. The van der Waals surface area contributed by atoms with Gasteiger partial charge in [0.05, 0.1) is 0 Å². The normalized spacial score (nSPS) is 11.2. The molecule has 5 heteroatoms. The second-order valence-electron chi connectivity index (χ2n) is 16.9. The van der Waals surface area contributed by atoms with Gasteiger partial charge in [0.15, 0.2) is 0 Å². The summed E-state index contributed by atoms with van der Waals surface area (Å²) in [7, 11) is -3.21. The van der Waals surface area contributed by atoms with E-state index >= 15 is 0 Å². The van der Waals surface area contributed by atoms with Crippen molar-refractivity contribution in [3.8, 4) is 34.1 Å². The fraction of sp³-hybridized carbons (Fsp3) is 0.140. The molecule has 8 aromatic rings. The first kappa shape index (κ1) is 45.5. The van der Waals surface area contributed by atoms with Crippen LogP contribution >= 0.6 is 7.14 Å². The van der Waals surface area contributed by atoms with E-state index in [-0.39, 0.29) is 33.2 Å². The third kappa shape index (κ3) is 11.3. The Morgan fingerprint density at radius 3 is 1.27 bits per heavy atom. The molecule has 1 aromatic heterocycles. The number of para-hydroxylation sites is 2. The van der Waals surface area contributed by atoms with E-state index in [1.165, 1.54) is 11.1 Å². The van der Waals surface area contributed by atoms with Crippen LogP contribution in [0.2, 0.25) is 0 Å². The van der Waals surface area contributed by atoms with Gasteiger partial charge >= 0.3 is 22.4 Å². The third-order valence-corrected chi connectivity index (χ3v) is 12.8. The van der Waals surface area contributed by atoms with Crippen molar-refractivity contribution in [2.24, 2.45) is 0 Å². The summed E-state index contributed by atoms with van der Waals surface area (Å²) in [6.45, 7) is 13.2. The predicted molar refractivity (Wildman–Crippen MR) is 257 cm³/mol. The van der Waals surface area contributed by atoms with Crippen molar-refractivity contribution in [1.29, 1.82) is 0 Å². The molecule has 0 amide bonds. The smallest absolute Gasteiger partial charge is 0.345 e. The average Bonchev–Trinajstić information content (AvgIpc) is 3.29.